The Hall–Kier alpha value is -2.27. The van der Waals surface area contributed by atoms with E-state index in [-0.39, 0.29) is 34.0 Å². The van der Waals surface area contributed by atoms with Crippen LogP contribution in [0.25, 0.3) is 11.0 Å². The number of pyridine rings is 1. The number of fused-ring (bicyclic) bond motifs is 1. The van der Waals surface area contributed by atoms with E-state index in [1.807, 2.05) is 0 Å². The van der Waals surface area contributed by atoms with Gasteiger partial charge in [0.15, 0.2) is 5.65 Å². The highest BCUT2D eigenvalue weighted by molar-refractivity contribution is 9.10. The highest BCUT2D eigenvalue weighted by atomic mass is 79.9. The number of rotatable bonds is 5. The largest absolute Gasteiger partial charge is 0.394 e. The van der Waals surface area contributed by atoms with Gasteiger partial charge in [0.05, 0.1) is 37.0 Å². The van der Waals surface area contributed by atoms with Crippen LogP contribution in [0.1, 0.15) is 0 Å². The molecule has 0 fully saturated rings. The fraction of sp³-hybridized carbons (Fsp3) is 0.235. The zero-order chi connectivity index (χ0) is 20.6. The van der Waals surface area contributed by atoms with E-state index in [4.69, 9.17) is 16.7 Å². The van der Waals surface area contributed by atoms with Crippen LogP contribution in [0.15, 0.2) is 38.6 Å². The molecule has 1 aromatic carbocycles. The Kier molecular flexibility index (Phi) is 5.84. The van der Waals surface area contributed by atoms with Gasteiger partial charge in [-0.1, -0.05) is 27.5 Å². The average molecular weight is 474 g/mol. The van der Waals surface area contributed by atoms with E-state index >= 15 is 0 Å². The molecule has 0 radical (unpaired) electrons. The van der Waals surface area contributed by atoms with Gasteiger partial charge in [-0.15, -0.1) is 0 Å². The fourth-order valence-electron chi connectivity index (χ4n) is 2.67. The van der Waals surface area contributed by atoms with Gasteiger partial charge in [0.2, 0.25) is 0 Å². The van der Waals surface area contributed by atoms with Crippen molar-refractivity contribution in [1.29, 1.82) is 0 Å². The number of nitrogens with one attached hydrogen (secondary N) is 1. The van der Waals surface area contributed by atoms with Crippen molar-refractivity contribution >= 4 is 49.9 Å². The second-order valence-corrected chi connectivity index (χ2v) is 7.33. The second kappa shape index (κ2) is 8.00. The van der Waals surface area contributed by atoms with Crippen LogP contribution in [0.3, 0.4) is 0 Å². The molecule has 0 amide bonds. The summed E-state index contributed by atoms with van der Waals surface area (Å²) in [5, 5.41) is 21.0. The Morgan fingerprint density at radius 1 is 1.36 bits per heavy atom. The molecule has 0 spiro atoms. The van der Waals surface area contributed by atoms with Gasteiger partial charge >= 0.3 is 0 Å². The van der Waals surface area contributed by atoms with Crippen molar-refractivity contribution in [2.75, 3.05) is 11.9 Å². The third-order valence-corrected chi connectivity index (χ3v) is 4.95. The first kappa shape index (κ1) is 20.5. The number of aliphatic hydroxyl groups is 2. The summed E-state index contributed by atoms with van der Waals surface area (Å²) in [6, 6.07) is 4.22. The van der Waals surface area contributed by atoms with Crippen molar-refractivity contribution in [2.24, 2.45) is 7.05 Å². The molecule has 0 aliphatic carbocycles. The smallest absolute Gasteiger partial charge is 0.272 e. The lowest BCUT2D eigenvalue weighted by atomic mass is 10.2. The molecule has 2 aromatic heterocycles. The predicted octanol–water partition coefficient (Wildman–Crippen LogP) is 1.75. The van der Waals surface area contributed by atoms with Crippen LogP contribution in [0, 0.1) is 5.82 Å². The van der Waals surface area contributed by atoms with E-state index in [0.717, 1.165) is 15.5 Å². The van der Waals surface area contributed by atoms with E-state index in [9.17, 15) is 19.1 Å². The Morgan fingerprint density at radius 2 is 2.07 bits per heavy atom. The second-order valence-electron chi connectivity index (χ2n) is 6.04. The number of aryl methyl sites for hydroxylation is 1. The van der Waals surface area contributed by atoms with E-state index in [1.165, 1.54) is 19.2 Å². The lowest BCUT2D eigenvalue weighted by molar-refractivity contribution is 0.0802. The maximum absolute atomic E-state index is 14.3. The molecule has 1 atom stereocenters. The van der Waals surface area contributed by atoms with Crippen LogP contribution in [0.4, 0.5) is 15.8 Å². The topological polar surface area (TPSA) is 109 Å². The summed E-state index contributed by atoms with van der Waals surface area (Å²) < 4.78 is 17.0. The maximum Gasteiger partial charge on any atom is 0.272 e. The highest BCUT2D eigenvalue weighted by Crippen LogP contribution is 2.30. The van der Waals surface area contributed by atoms with Gasteiger partial charge < -0.3 is 15.5 Å². The molecule has 148 valence electrons. The van der Waals surface area contributed by atoms with Gasteiger partial charge in [0, 0.05) is 11.5 Å². The Labute approximate surface area is 171 Å². The van der Waals surface area contributed by atoms with Gasteiger partial charge in [-0.3, -0.25) is 18.7 Å². The molecular formula is C17H15BrClFN4O4. The van der Waals surface area contributed by atoms with Crippen molar-refractivity contribution < 1.29 is 14.6 Å². The maximum atomic E-state index is 14.3. The van der Waals surface area contributed by atoms with E-state index in [2.05, 4.69) is 26.2 Å². The Bertz CT molecular complexity index is 1180. The minimum atomic E-state index is -1.18. The zero-order valence-electron chi connectivity index (χ0n) is 14.5. The number of nitrogens with zero attached hydrogens (tertiary/aromatic N) is 3. The fourth-order valence-corrected chi connectivity index (χ4v) is 3.27. The summed E-state index contributed by atoms with van der Waals surface area (Å²) >= 11 is 9.33. The molecule has 0 saturated carbocycles. The van der Waals surface area contributed by atoms with Gasteiger partial charge in [-0.25, -0.2) is 9.37 Å². The van der Waals surface area contributed by atoms with E-state index in [0.29, 0.717) is 4.47 Å². The first-order valence-corrected chi connectivity index (χ1v) is 9.20. The third kappa shape index (κ3) is 3.68. The average Bonchev–Trinajstić information content (AvgIpc) is 2.66. The molecule has 8 nitrogen and oxygen atoms in total. The van der Waals surface area contributed by atoms with Gasteiger partial charge in [-0.05, 0) is 18.2 Å². The van der Waals surface area contributed by atoms with Crippen molar-refractivity contribution in [3.05, 3.63) is 60.5 Å². The lowest BCUT2D eigenvalue weighted by Gasteiger charge is -2.16. The summed E-state index contributed by atoms with van der Waals surface area (Å²) in [6.45, 7) is -0.765. The Balaban J connectivity index is 2.29. The molecule has 0 bridgehead atoms. The summed E-state index contributed by atoms with van der Waals surface area (Å²) in [5.74, 6) is -0.626. The molecule has 0 aliphatic rings. The molecule has 3 rings (SSSR count). The zero-order valence-corrected chi connectivity index (χ0v) is 16.8. The standard InChI is InChI=1S/C17H15BrClFN4O4/c1-23-15-12(16(27)24(7-21-15)5-9(26)6-25)14(13(19)17(23)28)22-11-3-2-8(18)4-10(11)20/h2-4,7,9,22,25-26H,5-6H2,1H3. The van der Waals surface area contributed by atoms with Gasteiger partial charge in [-0.2, -0.15) is 0 Å². The number of anilines is 2. The molecular weight excluding hydrogens is 459 g/mol. The first-order chi connectivity index (χ1) is 13.2. The number of aliphatic hydroxyl groups excluding tert-OH is 2. The van der Waals surface area contributed by atoms with Crippen molar-refractivity contribution in [3.63, 3.8) is 0 Å². The molecule has 0 aliphatic heterocycles. The number of aromatic nitrogens is 3. The molecule has 0 saturated heterocycles. The van der Waals surface area contributed by atoms with Crippen LogP contribution in [-0.4, -0.2) is 37.0 Å². The molecule has 3 N–H and O–H groups in total. The van der Waals surface area contributed by atoms with E-state index in [1.54, 1.807) is 6.07 Å². The monoisotopic (exact) mass is 472 g/mol. The molecule has 11 heteroatoms. The molecule has 3 aromatic rings. The molecule has 28 heavy (non-hydrogen) atoms. The number of halogens is 3. The first-order valence-electron chi connectivity index (χ1n) is 8.03. The van der Waals surface area contributed by atoms with Crippen LogP contribution in [-0.2, 0) is 13.6 Å². The van der Waals surface area contributed by atoms with Crippen LogP contribution >= 0.6 is 27.5 Å². The summed E-state index contributed by atoms with van der Waals surface area (Å²) in [7, 11) is 1.40. The van der Waals surface area contributed by atoms with Crippen molar-refractivity contribution in [3.8, 4) is 0 Å². The number of hydrogen-bond acceptors (Lipinski definition) is 6. The minimum Gasteiger partial charge on any atom is -0.394 e. The summed E-state index contributed by atoms with van der Waals surface area (Å²) in [5.41, 5.74) is -1.28. The van der Waals surface area contributed by atoms with E-state index < -0.39 is 29.6 Å². The lowest BCUT2D eigenvalue weighted by Crippen LogP contribution is -2.31. The minimum absolute atomic E-state index is 0.00449. The summed E-state index contributed by atoms with van der Waals surface area (Å²) in [6.07, 6.45) is -0.0266. The third-order valence-electron chi connectivity index (χ3n) is 4.11. The SMILES string of the molecule is Cn1c(=O)c(Cl)c(Nc2ccc(Br)cc2F)c2c(=O)n(CC(O)CO)cnc21. The van der Waals surface area contributed by atoms with Crippen molar-refractivity contribution in [2.45, 2.75) is 12.6 Å². The normalized spacial score (nSPS) is 12.4. The van der Waals surface area contributed by atoms with Crippen LogP contribution in [0.2, 0.25) is 5.02 Å². The highest BCUT2D eigenvalue weighted by Gasteiger charge is 2.20. The van der Waals surface area contributed by atoms with Gasteiger partial charge in [0.1, 0.15) is 16.2 Å². The predicted molar refractivity (Wildman–Crippen MR) is 107 cm³/mol. The number of hydrogen-bond donors (Lipinski definition) is 3. The Morgan fingerprint density at radius 3 is 2.71 bits per heavy atom. The molecule has 2 heterocycles. The van der Waals surface area contributed by atoms with Crippen molar-refractivity contribution in [1.82, 2.24) is 14.1 Å². The number of benzene rings is 1. The van der Waals surface area contributed by atoms with Crippen LogP contribution < -0.4 is 16.4 Å². The van der Waals surface area contributed by atoms with Gasteiger partial charge in [0.25, 0.3) is 11.1 Å². The molecule has 1 unspecified atom stereocenters. The quantitative estimate of drug-likeness (QED) is 0.521. The van der Waals surface area contributed by atoms with Crippen LogP contribution in [0.5, 0.6) is 0 Å². The summed E-state index contributed by atoms with van der Waals surface area (Å²) in [4.78, 5) is 29.5.